The number of halogens is 2. The third-order valence-corrected chi connectivity index (χ3v) is 5.44. The Morgan fingerprint density at radius 2 is 1.82 bits per heavy atom. The highest BCUT2D eigenvalue weighted by Crippen LogP contribution is 2.36. The first-order chi connectivity index (χ1) is 13.4. The zero-order chi connectivity index (χ0) is 20.3. The van der Waals surface area contributed by atoms with Crippen molar-refractivity contribution in [2.45, 2.75) is 42.7 Å². The molecule has 0 spiro atoms. The topological polar surface area (TPSA) is 64.1 Å². The largest absolute Gasteiger partial charge is 0.398 e. The van der Waals surface area contributed by atoms with E-state index in [9.17, 15) is 13.9 Å². The second kappa shape index (κ2) is 8.75. The number of benzene rings is 2. The van der Waals surface area contributed by atoms with E-state index in [1.807, 2.05) is 42.7 Å². The van der Waals surface area contributed by atoms with Crippen LogP contribution in [0, 0.1) is 11.6 Å². The van der Waals surface area contributed by atoms with Crippen molar-refractivity contribution in [1.29, 1.82) is 0 Å². The summed E-state index contributed by atoms with van der Waals surface area (Å²) in [7, 11) is 0. The van der Waals surface area contributed by atoms with Crippen molar-refractivity contribution in [2.75, 3.05) is 12.3 Å². The molecule has 0 fully saturated rings. The monoisotopic (exact) mass is 403 g/mol. The molecule has 3 N–H and O–H groups in total. The van der Waals surface area contributed by atoms with Crippen LogP contribution in [0.25, 0.3) is 0 Å². The number of imidazole rings is 1. The van der Waals surface area contributed by atoms with E-state index in [0.717, 1.165) is 22.3 Å². The van der Waals surface area contributed by atoms with E-state index < -0.39 is 11.6 Å². The summed E-state index contributed by atoms with van der Waals surface area (Å²) in [4.78, 5) is 5.18. The van der Waals surface area contributed by atoms with Gasteiger partial charge in [-0.25, -0.2) is 13.8 Å². The van der Waals surface area contributed by atoms with Crippen molar-refractivity contribution < 1.29 is 13.9 Å². The zero-order valence-electron chi connectivity index (χ0n) is 15.8. The number of anilines is 1. The lowest BCUT2D eigenvalue weighted by atomic mass is 10.1. The van der Waals surface area contributed by atoms with Gasteiger partial charge in [-0.1, -0.05) is 43.8 Å². The molecule has 0 saturated carbocycles. The van der Waals surface area contributed by atoms with E-state index in [-0.39, 0.29) is 12.5 Å². The Kier molecular flexibility index (Phi) is 6.36. The van der Waals surface area contributed by atoms with Crippen LogP contribution in [-0.4, -0.2) is 21.3 Å². The zero-order valence-corrected chi connectivity index (χ0v) is 16.6. The number of aliphatic hydroxyl groups excluding tert-OH is 1. The van der Waals surface area contributed by atoms with Crippen LogP contribution in [0.4, 0.5) is 14.5 Å². The first kappa shape index (κ1) is 20.4. The van der Waals surface area contributed by atoms with E-state index >= 15 is 0 Å². The highest BCUT2D eigenvalue weighted by molar-refractivity contribution is 7.99. The molecule has 3 rings (SSSR count). The molecule has 0 aliphatic carbocycles. The number of nitrogen functional groups attached to an aromatic ring is 1. The number of para-hydroxylation sites is 1. The summed E-state index contributed by atoms with van der Waals surface area (Å²) >= 11 is 1.27. The summed E-state index contributed by atoms with van der Waals surface area (Å²) < 4.78 is 29.4. The molecular weight excluding hydrogens is 380 g/mol. The summed E-state index contributed by atoms with van der Waals surface area (Å²) in [5.41, 5.74) is 8.51. The van der Waals surface area contributed by atoms with Gasteiger partial charge in [-0.3, -0.25) is 0 Å². The number of rotatable bonds is 7. The molecule has 3 aromatic rings. The predicted octanol–water partition coefficient (Wildman–Crippen LogP) is 4.60. The summed E-state index contributed by atoms with van der Waals surface area (Å²) in [6, 6.07) is 11.0. The maximum absolute atomic E-state index is 13.7. The Morgan fingerprint density at radius 3 is 2.43 bits per heavy atom. The molecule has 1 aromatic heterocycles. The van der Waals surface area contributed by atoms with Gasteiger partial charge in [0.1, 0.15) is 22.5 Å². The SMILES string of the molecule is CC(C)c1nc(CCO)n(Cc2ccccc2N)c1Sc1cc(F)cc(F)c1. The van der Waals surface area contributed by atoms with E-state index in [1.165, 1.54) is 23.9 Å². The maximum atomic E-state index is 13.7. The molecule has 0 bridgehead atoms. The van der Waals surface area contributed by atoms with Gasteiger partial charge in [-0.05, 0) is 29.7 Å². The normalized spacial score (nSPS) is 11.4. The van der Waals surface area contributed by atoms with E-state index in [2.05, 4.69) is 0 Å². The van der Waals surface area contributed by atoms with Crippen molar-refractivity contribution in [3.05, 3.63) is 71.2 Å². The lowest BCUT2D eigenvalue weighted by Gasteiger charge is -2.14. The van der Waals surface area contributed by atoms with Crippen LogP contribution in [0.5, 0.6) is 0 Å². The van der Waals surface area contributed by atoms with Gasteiger partial charge >= 0.3 is 0 Å². The average molecular weight is 403 g/mol. The Labute approximate surface area is 167 Å². The molecule has 1 heterocycles. The van der Waals surface area contributed by atoms with Crippen LogP contribution in [0.3, 0.4) is 0 Å². The van der Waals surface area contributed by atoms with E-state index in [4.69, 9.17) is 10.7 Å². The molecule has 148 valence electrons. The van der Waals surface area contributed by atoms with Crippen LogP contribution in [0.15, 0.2) is 52.4 Å². The minimum Gasteiger partial charge on any atom is -0.398 e. The Balaban J connectivity index is 2.10. The van der Waals surface area contributed by atoms with Gasteiger partial charge in [0, 0.05) is 23.1 Å². The molecule has 0 aliphatic heterocycles. The van der Waals surface area contributed by atoms with Crippen molar-refractivity contribution >= 4 is 17.4 Å². The van der Waals surface area contributed by atoms with Crippen molar-refractivity contribution in [3.8, 4) is 0 Å². The first-order valence-corrected chi connectivity index (χ1v) is 9.88. The van der Waals surface area contributed by atoms with Gasteiger partial charge in [-0.15, -0.1) is 0 Å². The van der Waals surface area contributed by atoms with Gasteiger partial charge in [-0.2, -0.15) is 0 Å². The quantitative estimate of drug-likeness (QED) is 0.566. The lowest BCUT2D eigenvalue weighted by molar-refractivity contribution is 0.294. The molecule has 0 radical (unpaired) electrons. The molecular formula is C21H23F2N3OS. The van der Waals surface area contributed by atoms with Crippen LogP contribution >= 0.6 is 11.8 Å². The Morgan fingerprint density at radius 1 is 1.14 bits per heavy atom. The first-order valence-electron chi connectivity index (χ1n) is 9.06. The summed E-state index contributed by atoms with van der Waals surface area (Å²) in [6.45, 7) is 4.45. The molecule has 0 amide bonds. The molecule has 2 aromatic carbocycles. The van der Waals surface area contributed by atoms with Gasteiger partial charge in [0.15, 0.2) is 0 Å². The van der Waals surface area contributed by atoms with Crippen LogP contribution < -0.4 is 5.73 Å². The summed E-state index contributed by atoms with van der Waals surface area (Å²) in [5, 5.41) is 10.3. The summed E-state index contributed by atoms with van der Waals surface area (Å²) in [6.07, 6.45) is 0.379. The fourth-order valence-corrected chi connectivity index (χ4v) is 4.22. The minimum absolute atomic E-state index is 0.0441. The molecule has 0 unspecified atom stereocenters. The van der Waals surface area contributed by atoms with E-state index in [0.29, 0.717) is 29.4 Å². The van der Waals surface area contributed by atoms with Crippen LogP contribution in [0.2, 0.25) is 0 Å². The number of aromatic nitrogens is 2. The second-order valence-electron chi connectivity index (χ2n) is 6.84. The Hall–Kier alpha value is -2.38. The van der Waals surface area contributed by atoms with Crippen LogP contribution in [0.1, 0.15) is 36.8 Å². The number of hydrogen-bond donors (Lipinski definition) is 2. The second-order valence-corrected chi connectivity index (χ2v) is 7.90. The fraction of sp³-hybridized carbons (Fsp3) is 0.286. The van der Waals surface area contributed by atoms with Crippen LogP contribution in [-0.2, 0) is 13.0 Å². The smallest absolute Gasteiger partial charge is 0.127 e. The molecule has 28 heavy (non-hydrogen) atoms. The summed E-state index contributed by atoms with van der Waals surface area (Å²) in [5.74, 6) is -0.424. The number of nitrogens with zero attached hydrogens (tertiary/aromatic N) is 2. The molecule has 0 saturated heterocycles. The molecule has 7 heteroatoms. The third-order valence-electron chi connectivity index (χ3n) is 4.34. The molecule has 0 aliphatic rings. The highest BCUT2D eigenvalue weighted by atomic mass is 32.2. The van der Waals surface area contributed by atoms with Gasteiger partial charge < -0.3 is 15.4 Å². The maximum Gasteiger partial charge on any atom is 0.127 e. The molecule has 4 nitrogen and oxygen atoms in total. The predicted molar refractivity (Wildman–Crippen MR) is 108 cm³/mol. The van der Waals surface area contributed by atoms with Crippen molar-refractivity contribution in [1.82, 2.24) is 9.55 Å². The Bertz CT molecular complexity index is 952. The molecule has 0 atom stereocenters. The standard InChI is InChI=1S/C21H23F2N3OS/c1-13(2)20-21(28-17-10-15(22)9-16(23)11-17)26(19(25-20)7-8-27)12-14-5-3-4-6-18(14)24/h3-6,9-11,13,27H,7-8,12,24H2,1-2H3. The van der Waals surface area contributed by atoms with Crippen molar-refractivity contribution in [3.63, 3.8) is 0 Å². The average Bonchev–Trinajstić information content (AvgIpc) is 2.94. The lowest BCUT2D eigenvalue weighted by Crippen LogP contribution is -2.09. The number of nitrogens with two attached hydrogens (primary N) is 1. The van der Waals surface area contributed by atoms with Gasteiger partial charge in [0.25, 0.3) is 0 Å². The number of aliphatic hydroxyl groups is 1. The van der Waals surface area contributed by atoms with E-state index in [1.54, 1.807) is 0 Å². The van der Waals surface area contributed by atoms with Crippen molar-refractivity contribution in [2.24, 2.45) is 0 Å². The van der Waals surface area contributed by atoms with Gasteiger partial charge in [0.2, 0.25) is 0 Å². The van der Waals surface area contributed by atoms with Gasteiger partial charge in [0.05, 0.1) is 18.8 Å². The number of hydrogen-bond acceptors (Lipinski definition) is 4. The minimum atomic E-state index is -0.623. The fourth-order valence-electron chi connectivity index (χ4n) is 2.99. The highest BCUT2D eigenvalue weighted by Gasteiger charge is 2.21. The third kappa shape index (κ3) is 4.54.